The summed E-state index contributed by atoms with van der Waals surface area (Å²) in [6.07, 6.45) is 0.282. The Kier molecular flexibility index (Phi) is 18.1. The van der Waals surface area contributed by atoms with Crippen LogP contribution in [0.2, 0.25) is 0 Å². The number of nitrogens with two attached hydrogens (primary N) is 1. The molecule has 2 unspecified atom stereocenters. The van der Waals surface area contributed by atoms with Crippen molar-refractivity contribution in [2.24, 2.45) is 5.73 Å². The number of aryl methyl sites for hydroxylation is 2. The van der Waals surface area contributed by atoms with E-state index < -0.39 is 41.6 Å². The van der Waals surface area contributed by atoms with Crippen LogP contribution in [0.4, 0.5) is 14.4 Å². The molecule has 0 aliphatic carbocycles. The van der Waals surface area contributed by atoms with Crippen LogP contribution < -0.4 is 32.8 Å². The van der Waals surface area contributed by atoms with Crippen LogP contribution in [0.25, 0.3) is 33.2 Å². The quantitative estimate of drug-likeness (QED) is 0.0561. The summed E-state index contributed by atoms with van der Waals surface area (Å²) in [5, 5.41) is 9.64. The Morgan fingerprint density at radius 3 is 1.40 bits per heavy atom. The molecule has 0 spiro atoms. The molecule has 7 aromatic rings. The van der Waals surface area contributed by atoms with Gasteiger partial charge in [0.15, 0.2) is 0 Å². The second-order valence-electron chi connectivity index (χ2n) is 19.3. The number of hydrogen-bond donors (Lipinski definition) is 4. The van der Waals surface area contributed by atoms with Gasteiger partial charge in [-0.05, 0) is 141 Å². The number of rotatable bonds is 15. The fourth-order valence-electron chi connectivity index (χ4n) is 7.97. The van der Waals surface area contributed by atoms with Gasteiger partial charge in [-0.25, -0.2) is 24.4 Å². The molecule has 7 rings (SSSR count). The van der Waals surface area contributed by atoms with Crippen LogP contribution in [0.15, 0.2) is 137 Å². The molecule has 2 aromatic heterocycles. The predicted octanol–water partition coefficient (Wildman–Crippen LogP) is 9.97. The van der Waals surface area contributed by atoms with Crippen LogP contribution in [0.3, 0.4) is 0 Å². The second-order valence-corrected chi connectivity index (χ2v) is 19.3. The Morgan fingerprint density at radius 1 is 0.569 bits per heavy atom. The normalized spacial score (nSPS) is 12.2. The molecule has 3 amide bonds. The summed E-state index contributed by atoms with van der Waals surface area (Å²) in [4.78, 5) is 75.0. The average Bonchev–Trinajstić information content (AvgIpc) is 3.33. The lowest BCUT2D eigenvalue weighted by molar-refractivity contribution is 0.0485. The predicted molar refractivity (Wildman–Crippen MR) is 281 cm³/mol. The van der Waals surface area contributed by atoms with Crippen molar-refractivity contribution in [2.45, 2.75) is 111 Å². The minimum atomic E-state index is -0.717. The molecule has 0 radical (unpaired) electrons. The lowest BCUT2D eigenvalue weighted by atomic mass is 10.1. The van der Waals surface area contributed by atoms with Gasteiger partial charge in [0, 0.05) is 6.54 Å². The van der Waals surface area contributed by atoms with E-state index in [1.165, 1.54) is 0 Å². The van der Waals surface area contributed by atoms with E-state index in [0.29, 0.717) is 83.6 Å². The van der Waals surface area contributed by atoms with E-state index in [4.69, 9.17) is 29.9 Å². The SMILES string of the molecule is Cc1cccc2nc(C(CCCN)NC(=O)OC(C)(C)C)n(-c3ccccc3)c(=O)c12.Cc1cccc2nc(C(CCCNC(=O)OCc3ccccc3)NC(=O)OC(C)(C)C)n(-c3ccccc3)c(=O)c12. The van der Waals surface area contributed by atoms with Crippen molar-refractivity contribution in [3.8, 4) is 11.4 Å². The zero-order valence-corrected chi connectivity index (χ0v) is 42.4. The summed E-state index contributed by atoms with van der Waals surface area (Å²) in [5.74, 6) is 0.824. The van der Waals surface area contributed by atoms with Gasteiger partial charge < -0.3 is 35.9 Å². The van der Waals surface area contributed by atoms with Crippen molar-refractivity contribution in [3.63, 3.8) is 0 Å². The van der Waals surface area contributed by atoms with Gasteiger partial charge in [-0.1, -0.05) is 91.0 Å². The van der Waals surface area contributed by atoms with E-state index in [1.807, 2.05) is 135 Å². The van der Waals surface area contributed by atoms with Crippen LogP contribution >= 0.6 is 0 Å². The molecule has 16 nitrogen and oxygen atoms in total. The number of ether oxygens (including phenoxy) is 3. The van der Waals surface area contributed by atoms with Gasteiger partial charge in [-0.3, -0.25) is 18.7 Å². The molecule has 5 N–H and O–H groups in total. The zero-order chi connectivity index (χ0) is 52.0. The third kappa shape index (κ3) is 14.6. The molecular weight excluding hydrogens is 913 g/mol. The van der Waals surface area contributed by atoms with Gasteiger partial charge in [0.1, 0.15) is 29.5 Å². The maximum atomic E-state index is 13.9. The third-order valence-corrected chi connectivity index (χ3v) is 11.1. The van der Waals surface area contributed by atoms with Gasteiger partial charge in [-0.2, -0.15) is 0 Å². The Morgan fingerprint density at radius 2 is 0.986 bits per heavy atom. The number of nitrogens with one attached hydrogen (secondary N) is 3. The highest BCUT2D eigenvalue weighted by atomic mass is 16.6. The number of alkyl carbamates (subject to hydrolysis) is 3. The minimum absolute atomic E-state index is 0.166. The molecular formula is C56H66N8O8. The van der Waals surface area contributed by atoms with E-state index in [9.17, 15) is 24.0 Å². The molecule has 0 aliphatic rings. The average molecular weight is 979 g/mol. The molecule has 5 aromatic carbocycles. The third-order valence-electron chi connectivity index (χ3n) is 11.1. The molecule has 0 aliphatic heterocycles. The van der Waals surface area contributed by atoms with E-state index in [-0.39, 0.29) is 17.7 Å². The first-order valence-corrected chi connectivity index (χ1v) is 24.1. The maximum Gasteiger partial charge on any atom is 0.408 e. The molecule has 16 heteroatoms. The summed E-state index contributed by atoms with van der Waals surface area (Å²) in [6, 6.07) is 37.8. The van der Waals surface area contributed by atoms with E-state index >= 15 is 0 Å². The van der Waals surface area contributed by atoms with Gasteiger partial charge in [-0.15, -0.1) is 0 Å². The first-order chi connectivity index (χ1) is 34.3. The largest absolute Gasteiger partial charge is 0.445 e. The van der Waals surface area contributed by atoms with Crippen LogP contribution in [0.5, 0.6) is 0 Å². The number of amides is 3. The van der Waals surface area contributed by atoms with Gasteiger partial charge in [0.05, 0.1) is 45.3 Å². The lowest BCUT2D eigenvalue weighted by Gasteiger charge is -2.25. The highest BCUT2D eigenvalue weighted by Crippen LogP contribution is 2.26. The Balaban J connectivity index is 0.000000245. The lowest BCUT2D eigenvalue weighted by Crippen LogP contribution is -2.38. The first kappa shape index (κ1) is 53.5. The number of nitrogens with zero attached hydrogens (tertiary/aromatic N) is 4. The molecule has 72 heavy (non-hydrogen) atoms. The van der Waals surface area contributed by atoms with Crippen molar-refractivity contribution >= 4 is 40.1 Å². The van der Waals surface area contributed by atoms with E-state index in [1.54, 1.807) is 56.7 Å². The van der Waals surface area contributed by atoms with E-state index in [2.05, 4.69) is 16.0 Å². The summed E-state index contributed by atoms with van der Waals surface area (Å²) >= 11 is 0. The summed E-state index contributed by atoms with van der Waals surface area (Å²) in [5.41, 5.74) is 8.98. The first-order valence-electron chi connectivity index (χ1n) is 24.1. The second kappa shape index (κ2) is 24.3. The smallest absolute Gasteiger partial charge is 0.408 e. The monoisotopic (exact) mass is 979 g/mol. The highest BCUT2D eigenvalue weighted by molar-refractivity contribution is 5.82. The molecule has 2 atom stereocenters. The fourth-order valence-corrected chi connectivity index (χ4v) is 7.97. The number of hydrogen-bond acceptors (Lipinski definition) is 11. The molecule has 0 saturated carbocycles. The topological polar surface area (TPSA) is 211 Å². The number of aromatic nitrogens is 4. The molecule has 378 valence electrons. The van der Waals surface area contributed by atoms with E-state index in [0.717, 1.165) is 16.7 Å². The van der Waals surface area contributed by atoms with Gasteiger partial charge >= 0.3 is 18.3 Å². The van der Waals surface area contributed by atoms with Crippen LogP contribution in [-0.2, 0) is 20.8 Å². The van der Waals surface area contributed by atoms with Crippen molar-refractivity contribution < 1.29 is 28.6 Å². The fraction of sp³-hybridized carbons (Fsp3) is 0.339. The number of carbonyl (C=O) groups excluding carboxylic acids is 3. The van der Waals surface area contributed by atoms with Gasteiger partial charge in [0.25, 0.3) is 11.1 Å². The number of benzene rings is 5. The van der Waals surface area contributed by atoms with Crippen molar-refractivity contribution in [3.05, 3.63) is 176 Å². The van der Waals surface area contributed by atoms with Crippen LogP contribution in [0.1, 0.15) is 108 Å². The number of para-hydroxylation sites is 2. The van der Waals surface area contributed by atoms with Crippen molar-refractivity contribution in [2.75, 3.05) is 13.1 Å². The van der Waals surface area contributed by atoms with Gasteiger partial charge in [0.2, 0.25) is 0 Å². The summed E-state index contributed by atoms with van der Waals surface area (Å²) in [6.45, 7) is 15.4. The number of fused-ring (bicyclic) bond motifs is 2. The maximum absolute atomic E-state index is 13.9. The zero-order valence-electron chi connectivity index (χ0n) is 42.4. The Bertz CT molecular complexity index is 3080. The van der Waals surface area contributed by atoms with Crippen molar-refractivity contribution in [1.29, 1.82) is 0 Å². The summed E-state index contributed by atoms with van der Waals surface area (Å²) < 4.78 is 19.4. The Hall–Kier alpha value is -7.85. The molecule has 0 bridgehead atoms. The van der Waals surface area contributed by atoms with Crippen molar-refractivity contribution in [1.82, 2.24) is 35.1 Å². The number of carbonyl (C=O) groups is 3. The Labute approximate surface area is 419 Å². The standard InChI is InChI=1S/C32H36N4O5.C24H30N4O3/c1-22-13-11-18-25-27(22)29(37)36(24-16-9-6-10-17-24)28(34-25)26(35-31(39)41-32(2,3)4)19-12-20-33-30(38)40-21-23-14-7-5-8-15-23;1-16-10-8-13-18-20(16)22(29)28(17-11-6-5-7-12-17)21(26-18)19(14-9-15-25)27-23(30)31-24(2,3)4/h5-11,13-18,26H,12,19-21H2,1-4H3,(H,33,38)(H,35,39);5-8,10-13,19H,9,14-15,25H2,1-4H3,(H,27,30). The summed E-state index contributed by atoms with van der Waals surface area (Å²) in [7, 11) is 0. The molecule has 2 heterocycles. The molecule has 0 saturated heterocycles. The minimum Gasteiger partial charge on any atom is -0.445 e. The highest BCUT2D eigenvalue weighted by Gasteiger charge is 2.28. The molecule has 0 fully saturated rings. The van der Waals surface area contributed by atoms with Crippen LogP contribution in [0, 0.1) is 13.8 Å². The van der Waals surface area contributed by atoms with Crippen LogP contribution in [-0.4, -0.2) is 61.7 Å².